The van der Waals surface area contributed by atoms with Gasteiger partial charge in [-0.1, -0.05) is 11.6 Å². The molecule has 2 unspecified atom stereocenters. The standard InChI is InChI=1S/C14H14ClNO3/c15-11-6-7(14(18)19)1-2-12(11)16-13(17)10-4-8-3-9(8)5-10/h1-2,6,8-10H,3-5H2,(H,16,17)(H,18,19). The van der Waals surface area contributed by atoms with Crippen molar-refractivity contribution in [1.29, 1.82) is 0 Å². The first-order valence-electron chi connectivity index (χ1n) is 6.38. The summed E-state index contributed by atoms with van der Waals surface area (Å²) in [4.78, 5) is 22.9. The fourth-order valence-corrected chi connectivity index (χ4v) is 3.14. The number of carbonyl (C=O) groups excluding carboxylic acids is 1. The van der Waals surface area contributed by atoms with E-state index in [1.807, 2.05) is 0 Å². The maximum atomic E-state index is 12.1. The summed E-state index contributed by atoms with van der Waals surface area (Å²) >= 11 is 5.98. The Balaban J connectivity index is 1.69. The van der Waals surface area contributed by atoms with Crippen LogP contribution in [0.25, 0.3) is 0 Å². The van der Waals surface area contributed by atoms with Crippen LogP contribution in [0.1, 0.15) is 29.6 Å². The average molecular weight is 280 g/mol. The SMILES string of the molecule is O=C(O)c1ccc(NC(=O)C2CC3CC3C2)c(Cl)c1. The van der Waals surface area contributed by atoms with E-state index in [2.05, 4.69) is 5.32 Å². The fourth-order valence-electron chi connectivity index (χ4n) is 2.91. The molecule has 0 bridgehead atoms. The van der Waals surface area contributed by atoms with Crippen molar-refractivity contribution < 1.29 is 14.7 Å². The quantitative estimate of drug-likeness (QED) is 0.894. The minimum atomic E-state index is -1.03. The van der Waals surface area contributed by atoms with Crippen LogP contribution < -0.4 is 5.32 Å². The van der Waals surface area contributed by atoms with Crippen molar-refractivity contribution >= 4 is 29.2 Å². The van der Waals surface area contributed by atoms with E-state index in [0.717, 1.165) is 24.7 Å². The lowest BCUT2D eigenvalue weighted by Crippen LogP contribution is -2.21. The molecule has 0 spiro atoms. The minimum Gasteiger partial charge on any atom is -0.478 e. The summed E-state index contributed by atoms with van der Waals surface area (Å²) in [5.41, 5.74) is 0.599. The van der Waals surface area contributed by atoms with Gasteiger partial charge in [-0.25, -0.2) is 4.79 Å². The maximum absolute atomic E-state index is 12.1. The number of carboxylic acids is 1. The largest absolute Gasteiger partial charge is 0.478 e. The Morgan fingerprint density at radius 3 is 2.47 bits per heavy atom. The number of carbonyl (C=O) groups is 2. The van der Waals surface area contributed by atoms with Crippen molar-refractivity contribution in [3.63, 3.8) is 0 Å². The van der Waals surface area contributed by atoms with Crippen molar-refractivity contribution in [2.75, 3.05) is 5.32 Å². The number of halogens is 1. The summed E-state index contributed by atoms with van der Waals surface area (Å²) in [5.74, 6) is 0.549. The van der Waals surface area contributed by atoms with E-state index in [4.69, 9.17) is 16.7 Å². The van der Waals surface area contributed by atoms with Gasteiger partial charge in [-0.3, -0.25) is 4.79 Å². The van der Waals surface area contributed by atoms with Gasteiger partial charge in [0.1, 0.15) is 0 Å². The fraction of sp³-hybridized carbons (Fsp3) is 0.429. The number of anilines is 1. The molecule has 4 nitrogen and oxygen atoms in total. The Morgan fingerprint density at radius 2 is 1.89 bits per heavy atom. The predicted molar refractivity (Wildman–Crippen MR) is 71.4 cm³/mol. The van der Waals surface area contributed by atoms with Gasteiger partial charge in [0.2, 0.25) is 5.91 Å². The normalized spacial score (nSPS) is 27.7. The second-order valence-corrected chi connectivity index (χ2v) is 5.82. The molecular formula is C14H14ClNO3. The molecule has 2 N–H and O–H groups in total. The van der Waals surface area contributed by atoms with E-state index in [9.17, 15) is 9.59 Å². The van der Waals surface area contributed by atoms with Crippen LogP contribution in [-0.2, 0) is 4.79 Å². The first-order chi connectivity index (χ1) is 9.04. The summed E-state index contributed by atoms with van der Waals surface area (Å²) < 4.78 is 0. The van der Waals surface area contributed by atoms with E-state index < -0.39 is 5.97 Å². The number of aromatic carboxylic acids is 1. The first-order valence-corrected chi connectivity index (χ1v) is 6.76. The van der Waals surface area contributed by atoms with Crippen LogP contribution in [0, 0.1) is 17.8 Å². The molecule has 19 heavy (non-hydrogen) atoms. The van der Waals surface area contributed by atoms with Gasteiger partial charge < -0.3 is 10.4 Å². The smallest absolute Gasteiger partial charge is 0.335 e. The zero-order valence-electron chi connectivity index (χ0n) is 10.2. The highest BCUT2D eigenvalue weighted by atomic mass is 35.5. The molecule has 2 saturated carbocycles. The van der Waals surface area contributed by atoms with Gasteiger partial charge in [-0.15, -0.1) is 0 Å². The molecule has 100 valence electrons. The molecule has 3 rings (SSSR count). The molecule has 2 aliphatic carbocycles. The predicted octanol–water partition coefficient (Wildman–Crippen LogP) is 3.02. The number of amides is 1. The Morgan fingerprint density at radius 1 is 1.21 bits per heavy atom. The Bertz CT molecular complexity index is 548. The van der Waals surface area contributed by atoms with Crippen molar-refractivity contribution in [1.82, 2.24) is 0 Å². The van der Waals surface area contributed by atoms with E-state index in [0.29, 0.717) is 5.69 Å². The number of carboxylic acid groups (broad SMARTS) is 1. The van der Waals surface area contributed by atoms with Gasteiger partial charge in [-0.2, -0.15) is 0 Å². The third-order valence-electron chi connectivity index (χ3n) is 4.09. The van der Waals surface area contributed by atoms with Crippen LogP contribution in [0.4, 0.5) is 5.69 Å². The van der Waals surface area contributed by atoms with E-state index in [1.165, 1.54) is 18.6 Å². The summed E-state index contributed by atoms with van der Waals surface area (Å²) in [5, 5.41) is 11.9. The van der Waals surface area contributed by atoms with Crippen LogP contribution in [0.5, 0.6) is 0 Å². The van der Waals surface area contributed by atoms with E-state index in [-0.39, 0.29) is 22.4 Å². The van der Waals surface area contributed by atoms with Crippen LogP contribution in [0.2, 0.25) is 5.02 Å². The molecule has 1 amide bonds. The molecule has 0 radical (unpaired) electrons. The zero-order valence-corrected chi connectivity index (χ0v) is 11.0. The van der Waals surface area contributed by atoms with Crippen molar-refractivity contribution in [3.05, 3.63) is 28.8 Å². The molecule has 0 heterocycles. The third kappa shape index (κ3) is 2.45. The van der Waals surface area contributed by atoms with Gasteiger partial charge in [-0.05, 0) is 49.3 Å². The molecule has 0 aromatic heterocycles. The number of hydrogen-bond acceptors (Lipinski definition) is 2. The number of hydrogen-bond donors (Lipinski definition) is 2. The lowest BCUT2D eigenvalue weighted by Gasteiger charge is -2.13. The lowest BCUT2D eigenvalue weighted by atomic mass is 10.0. The van der Waals surface area contributed by atoms with Crippen molar-refractivity contribution in [2.24, 2.45) is 17.8 Å². The number of nitrogens with one attached hydrogen (secondary N) is 1. The van der Waals surface area contributed by atoms with Gasteiger partial charge in [0.05, 0.1) is 16.3 Å². The second-order valence-electron chi connectivity index (χ2n) is 5.41. The number of benzene rings is 1. The lowest BCUT2D eigenvalue weighted by molar-refractivity contribution is -0.120. The van der Waals surface area contributed by atoms with Gasteiger partial charge in [0, 0.05) is 5.92 Å². The van der Waals surface area contributed by atoms with Gasteiger partial charge >= 0.3 is 5.97 Å². The highest BCUT2D eigenvalue weighted by Gasteiger charge is 2.48. The molecule has 2 atom stereocenters. The number of rotatable bonds is 3. The zero-order chi connectivity index (χ0) is 13.6. The highest BCUT2D eigenvalue weighted by molar-refractivity contribution is 6.34. The molecule has 1 aromatic carbocycles. The summed E-state index contributed by atoms with van der Waals surface area (Å²) in [6.07, 6.45) is 3.22. The topological polar surface area (TPSA) is 66.4 Å². The summed E-state index contributed by atoms with van der Waals surface area (Å²) in [6.45, 7) is 0. The molecule has 5 heteroatoms. The molecule has 0 aliphatic heterocycles. The maximum Gasteiger partial charge on any atom is 0.335 e. The molecule has 2 fully saturated rings. The van der Waals surface area contributed by atoms with Crippen LogP contribution in [0.3, 0.4) is 0 Å². The Hall–Kier alpha value is -1.55. The Labute approximate surface area is 115 Å². The van der Waals surface area contributed by atoms with Gasteiger partial charge in [0.15, 0.2) is 0 Å². The molecule has 2 aliphatic rings. The summed E-state index contributed by atoms with van der Waals surface area (Å²) in [7, 11) is 0. The highest BCUT2D eigenvalue weighted by Crippen LogP contribution is 2.54. The van der Waals surface area contributed by atoms with E-state index in [1.54, 1.807) is 6.07 Å². The van der Waals surface area contributed by atoms with Crippen LogP contribution in [0.15, 0.2) is 18.2 Å². The molecular weight excluding hydrogens is 266 g/mol. The third-order valence-corrected chi connectivity index (χ3v) is 4.40. The summed E-state index contributed by atoms with van der Waals surface area (Å²) in [6, 6.07) is 4.33. The minimum absolute atomic E-state index is 0.00262. The van der Waals surface area contributed by atoms with Crippen molar-refractivity contribution in [3.8, 4) is 0 Å². The van der Waals surface area contributed by atoms with Gasteiger partial charge in [0.25, 0.3) is 0 Å². The average Bonchev–Trinajstić information content (AvgIpc) is 2.98. The molecule has 0 saturated heterocycles. The van der Waals surface area contributed by atoms with Crippen molar-refractivity contribution in [2.45, 2.75) is 19.3 Å². The second kappa shape index (κ2) is 4.53. The van der Waals surface area contributed by atoms with Crippen LogP contribution in [-0.4, -0.2) is 17.0 Å². The van der Waals surface area contributed by atoms with E-state index >= 15 is 0 Å². The monoisotopic (exact) mass is 279 g/mol. The Kier molecular flexibility index (Phi) is 2.97. The van der Waals surface area contributed by atoms with Crippen LogP contribution >= 0.6 is 11.6 Å². The number of fused-ring (bicyclic) bond motifs is 1. The first kappa shape index (κ1) is 12.5. The molecule has 1 aromatic rings.